The van der Waals surface area contributed by atoms with Gasteiger partial charge in [-0.15, -0.1) is 22.7 Å². The number of carbonyl (C=O) groups excluding carboxylic acids is 1. The Morgan fingerprint density at radius 1 is 1.30 bits per heavy atom. The number of carbonyl (C=O) groups is 1. The first-order valence-corrected chi connectivity index (χ1v) is 9.19. The summed E-state index contributed by atoms with van der Waals surface area (Å²) < 4.78 is 1.41. The van der Waals surface area contributed by atoms with Crippen molar-refractivity contribution in [3.8, 4) is 10.4 Å². The van der Waals surface area contributed by atoms with Gasteiger partial charge in [0.25, 0.3) is 5.56 Å². The maximum atomic E-state index is 12.8. The molecule has 7 heteroatoms. The second-order valence-corrected chi connectivity index (χ2v) is 6.86. The summed E-state index contributed by atoms with van der Waals surface area (Å²) in [5, 5.41) is 4.55. The molecule has 3 aromatic rings. The maximum absolute atomic E-state index is 12.8. The average Bonchev–Trinajstić information content (AvgIpc) is 3.20. The van der Waals surface area contributed by atoms with E-state index in [1.807, 2.05) is 36.7 Å². The van der Waals surface area contributed by atoms with Gasteiger partial charge in [0.2, 0.25) is 5.91 Å². The second kappa shape index (κ2) is 6.64. The standard InChI is InChI=1S/C16H17N3O2S2/c1-3-18(4-2)13(20)8-19-10-17-15-14(16(19)21)11(9-23-15)12-6-5-7-22-12/h5-7,9-10H,3-4,8H2,1-2H3. The van der Waals surface area contributed by atoms with E-state index >= 15 is 0 Å². The SMILES string of the molecule is CCN(CC)C(=O)Cn1cnc2scc(-c3cccs3)c2c1=O. The Kier molecular flexibility index (Phi) is 4.58. The third-order valence-electron chi connectivity index (χ3n) is 3.77. The number of hydrogen-bond acceptors (Lipinski definition) is 5. The van der Waals surface area contributed by atoms with Crippen LogP contribution in [-0.2, 0) is 11.3 Å². The molecule has 0 saturated carbocycles. The number of rotatable bonds is 5. The summed E-state index contributed by atoms with van der Waals surface area (Å²) >= 11 is 3.05. The fourth-order valence-electron chi connectivity index (χ4n) is 2.52. The Hall–Kier alpha value is -1.99. The fourth-order valence-corrected chi connectivity index (χ4v) is 4.24. The van der Waals surface area contributed by atoms with Crippen LogP contribution in [0.3, 0.4) is 0 Å². The van der Waals surface area contributed by atoms with Gasteiger partial charge < -0.3 is 4.90 Å². The molecule has 0 unspecified atom stereocenters. The molecule has 0 aliphatic rings. The quantitative estimate of drug-likeness (QED) is 0.713. The molecule has 0 radical (unpaired) electrons. The van der Waals surface area contributed by atoms with Crippen LogP contribution in [0.1, 0.15) is 13.8 Å². The van der Waals surface area contributed by atoms with Crippen LogP contribution >= 0.6 is 22.7 Å². The lowest BCUT2D eigenvalue weighted by molar-refractivity contribution is -0.131. The third-order valence-corrected chi connectivity index (χ3v) is 5.56. The third kappa shape index (κ3) is 2.94. The monoisotopic (exact) mass is 347 g/mol. The van der Waals surface area contributed by atoms with Crippen LogP contribution in [0.25, 0.3) is 20.7 Å². The van der Waals surface area contributed by atoms with Crippen LogP contribution < -0.4 is 5.56 Å². The van der Waals surface area contributed by atoms with E-state index in [-0.39, 0.29) is 18.0 Å². The minimum absolute atomic E-state index is 0.0309. The van der Waals surface area contributed by atoms with Crippen LogP contribution in [0.5, 0.6) is 0 Å². The van der Waals surface area contributed by atoms with Crippen molar-refractivity contribution >= 4 is 38.8 Å². The van der Waals surface area contributed by atoms with Crippen LogP contribution in [0.4, 0.5) is 0 Å². The van der Waals surface area contributed by atoms with Crippen molar-refractivity contribution in [2.24, 2.45) is 0 Å². The number of fused-ring (bicyclic) bond motifs is 1. The Labute approximate surface area is 141 Å². The van der Waals surface area contributed by atoms with Gasteiger partial charge >= 0.3 is 0 Å². The molecule has 0 bridgehead atoms. The summed E-state index contributed by atoms with van der Waals surface area (Å²) in [7, 11) is 0. The van der Waals surface area contributed by atoms with Crippen molar-refractivity contribution in [2.75, 3.05) is 13.1 Å². The van der Waals surface area contributed by atoms with E-state index < -0.39 is 0 Å². The number of hydrogen-bond donors (Lipinski definition) is 0. The van der Waals surface area contributed by atoms with Gasteiger partial charge in [0.1, 0.15) is 11.4 Å². The van der Waals surface area contributed by atoms with E-state index in [1.54, 1.807) is 16.2 Å². The lowest BCUT2D eigenvalue weighted by atomic mass is 10.2. The first-order valence-electron chi connectivity index (χ1n) is 7.44. The number of nitrogens with zero attached hydrogens (tertiary/aromatic N) is 3. The molecule has 0 aliphatic carbocycles. The van der Waals surface area contributed by atoms with Crippen molar-refractivity contribution in [1.29, 1.82) is 0 Å². The molecule has 1 amide bonds. The Morgan fingerprint density at radius 2 is 2.09 bits per heavy atom. The predicted molar refractivity (Wildman–Crippen MR) is 95.1 cm³/mol. The van der Waals surface area contributed by atoms with Crippen molar-refractivity contribution < 1.29 is 4.79 Å². The lowest BCUT2D eigenvalue weighted by Gasteiger charge is -2.18. The van der Waals surface area contributed by atoms with Gasteiger partial charge in [-0.2, -0.15) is 0 Å². The largest absolute Gasteiger partial charge is 0.342 e. The lowest BCUT2D eigenvalue weighted by Crippen LogP contribution is -2.36. The highest BCUT2D eigenvalue weighted by Crippen LogP contribution is 2.33. The number of thiophene rings is 2. The molecule has 3 rings (SSSR count). The van der Waals surface area contributed by atoms with Crippen LogP contribution in [-0.4, -0.2) is 33.4 Å². The molecule has 0 fully saturated rings. The van der Waals surface area contributed by atoms with E-state index in [0.29, 0.717) is 23.3 Å². The molecule has 0 saturated heterocycles. The topological polar surface area (TPSA) is 55.2 Å². The molecule has 120 valence electrons. The minimum Gasteiger partial charge on any atom is -0.342 e. The van der Waals surface area contributed by atoms with E-state index in [0.717, 1.165) is 10.4 Å². The van der Waals surface area contributed by atoms with Gasteiger partial charge in [-0.3, -0.25) is 14.2 Å². The molecule has 23 heavy (non-hydrogen) atoms. The normalized spacial score (nSPS) is 11.0. The van der Waals surface area contributed by atoms with Crippen molar-refractivity contribution in [1.82, 2.24) is 14.5 Å². The Bertz CT molecular complexity index is 877. The van der Waals surface area contributed by atoms with Crippen molar-refractivity contribution in [3.05, 3.63) is 39.6 Å². The molecule has 5 nitrogen and oxygen atoms in total. The number of amides is 1. The molecule has 0 aromatic carbocycles. The van der Waals surface area contributed by atoms with Gasteiger partial charge in [0.15, 0.2) is 0 Å². The van der Waals surface area contributed by atoms with Gasteiger partial charge in [0, 0.05) is 28.9 Å². The van der Waals surface area contributed by atoms with Gasteiger partial charge in [-0.25, -0.2) is 4.98 Å². The van der Waals surface area contributed by atoms with Crippen LogP contribution in [0.2, 0.25) is 0 Å². The predicted octanol–water partition coefficient (Wildman–Crippen LogP) is 3.05. The summed E-state index contributed by atoms with van der Waals surface area (Å²) in [5.74, 6) is -0.0637. The summed E-state index contributed by atoms with van der Waals surface area (Å²) in [6, 6.07) is 3.95. The highest BCUT2D eigenvalue weighted by Gasteiger charge is 2.16. The van der Waals surface area contributed by atoms with E-state index in [2.05, 4.69) is 4.98 Å². The maximum Gasteiger partial charge on any atom is 0.263 e. The molecular weight excluding hydrogens is 330 g/mol. The molecule has 0 N–H and O–H groups in total. The second-order valence-electron chi connectivity index (χ2n) is 5.05. The molecule has 0 aliphatic heterocycles. The average molecular weight is 347 g/mol. The summed E-state index contributed by atoms with van der Waals surface area (Å²) in [6.07, 6.45) is 1.47. The molecule has 3 aromatic heterocycles. The first kappa shape index (κ1) is 15.9. The zero-order valence-corrected chi connectivity index (χ0v) is 14.6. The number of likely N-dealkylation sites (N-methyl/N-ethyl adjacent to an activating group) is 1. The van der Waals surface area contributed by atoms with E-state index in [9.17, 15) is 9.59 Å². The molecule has 3 heterocycles. The van der Waals surface area contributed by atoms with E-state index in [4.69, 9.17) is 0 Å². The smallest absolute Gasteiger partial charge is 0.263 e. The van der Waals surface area contributed by atoms with E-state index in [1.165, 1.54) is 22.2 Å². The van der Waals surface area contributed by atoms with Gasteiger partial charge in [-0.05, 0) is 25.3 Å². The van der Waals surface area contributed by atoms with Gasteiger partial charge in [0.05, 0.1) is 11.7 Å². The summed E-state index contributed by atoms with van der Waals surface area (Å²) in [4.78, 5) is 32.9. The molecular formula is C16H17N3O2S2. The summed E-state index contributed by atoms with van der Waals surface area (Å²) in [5.41, 5.74) is 0.752. The van der Waals surface area contributed by atoms with Crippen LogP contribution in [0, 0.1) is 0 Å². The molecule has 0 atom stereocenters. The summed E-state index contributed by atoms with van der Waals surface area (Å²) in [6.45, 7) is 5.17. The number of aromatic nitrogens is 2. The van der Waals surface area contributed by atoms with Gasteiger partial charge in [-0.1, -0.05) is 6.07 Å². The van der Waals surface area contributed by atoms with Crippen molar-refractivity contribution in [2.45, 2.75) is 20.4 Å². The highest BCUT2D eigenvalue weighted by molar-refractivity contribution is 7.18. The molecule has 0 spiro atoms. The Morgan fingerprint density at radius 3 is 2.74 bits per heavy atom. The fraction of sp³-hybridized carbons (Fsp3) is 0.312. The highest BCUT2D eigenvalue weighted by atomic mass is 32.1. The first-order chi connectivity index (χ1) is 11.2. The van der Waals surface area contributed by atoms with Crippen LogP contribution in [0.15, 0.2) is 34.0 Å². The minimum atomic E-state index is -0.153. The Balaban J connectivity index is 2.03. The zero-order chi connectivity index (χ0) is 16.4. The zero-order valence-electron chi connectivity index (χ0n) is 13.0. The van der Waals surface area contributed by atoms with Crippen molar-refractivity contribution in [3.63, 3.8) is 0 Å².